The first-order chi connectivity index (χ1) is 5.06. The van der Waals surface area contributed by atoms with Gasteiger partial charge in [0, 0.05) is 6.92 Å². The summed E-state index contributed by atoms with van der Waals surface area (Å²) in [6.07, 6.45) is 0. The second-order valence-corrected chi connectivity index (χ2v) is 2.08. The molecule has 0 aliphatic rings. The zero-order chi connectivity index (χ0) is 8.74. The van der Waals surface area contributed by atoms with Gasteiger partial charge in [-0.2, -0.15) is 0 Å². The minimum atomic E-state index is -2.13. The van der Waals surface area contributed by atoms with E-state index in [0.717, 1.165) is 6.92 Å². The predicted octanol–water partition coefficient (Wildman–Crippen LogP) is -0.353. The van der Waals surface area contributed by atoms with Gasteiger partial charge in [-0.15, -0.1) is 0 Å². The van der Waals surface area contributed by atoms with Crippen molar-refractivity contribution < 1.29 is 24.1 Å². The lowest BCUT2D eigenvalue weighted by atomic mass is 10.6. The standard InChI is InChI=1S/C6H13FO4/c1-6(8,9)11-5-4-10-3-2-7/h8-9H,2-5H2,1H3. The van der Waals surface area contributed by atoms with Crippen molar-refractivity contribution in [3.8, 4) is 0 Å². The highest BCUT2D eigenvalue weighted by Crippen LogP contribution is 1.97. The first-order valence-electron chi connectivity index (χ1n) is 3.28. The molecule has 11 heavy (non-hydrogen) atoms. The van der Waals surface area contributed by atoms with E-state index >= 15 is 0 Å². The molecule has 0 aromatic heterocycles. The van der Waals surface area contributed by atoms with Crippen molar-refractivity contribution in [1.82, 2.24) is 0 Å². The highest BCUT2D eigenvalue weighted by atomic mass is 19.1. The summed E-state index contributed by atoms with van der Waals surface area (Å²) in [5.74, 6) is -2.13. The van der Waals surface area contributed by atoms with Gasteiger partial charge in [-0.3, -0.25) is 0 Å². The Labute approximate surface area is 64.5 Å². The minimum Gasteiger partial charge on any atom is -0.376 e. The highest BCUT2D eigenvalue weighted by molar-refractivity contribution is 4.37. The third kappa shape index (κ3) is 9.77. The van der Waals surface area contributed by atoms with Gasteiger partial charge in [-0.1, -0.05) is 0 Å². The summed E-state index contributed by atoms with van der Waals surface area (Å²) >= 11 is 0. The molecule has 0 fully saturated rings. The molecule has 0 heterocycles. The Hall–Kier alpha value is -0.230. The van der Waals surface area contributed by atoms with Crippen LogP contribution in [0.1, 0.15) is 6.92 Å². The van der Waals surface area contributed by atoms with E-state index in [1.807, 2.05) is 0 Å². The molecule has 4 nitrogen and oxygen atoms in total. The lowest BCUT2D eigenvalue weighted by Gasteiger charge is -2.15. The van der Waals surface area contributed by atoms with Crippen LogP contribution in [0.2, 0.25) is 0 Å². The van der Waals surface area contributed by atoms with Crippen LogP contribution in [0, 0.1) is 0 Å². The van der Waals surface area contributed by atoms with Crippen molar-refractivity contribution in [2.75, 3.05) is 26.5 Å². The Kier molecular flexibility index (Phi) is 5.31. The van der Waals surface area contributed by atoms with Gasteiger partial charge in [0.1, 0.15) is 6.67 Å². The Morgan fingerprint density at radius 1 is 1.27 bits per heavy atom. The van der Waals surface area contributed by atoms with Gasteiger partial charge in [-0.25, -0.2) is 4.39 Å². The molecule has 0 rings (SSSR count). The second kappa shape index (κ2) is 5.42. The van der Waals surface area contributed by atoms with Crippen LogP contribution in [-0.2, 0) is 9.47 Å². The normalized spacial score (nSPS) is 12.0. The lowest BCUT2D eigenvalue weighted by molar-refractivity contribution is -0.327. The average molecular weight is 168 g/mol. The molecule has 0 atom stereocenters. The maximum Gasteiger partial charge on any atom is 0.274 e. The Morgan fingerprint density at radius 3 is 2.36 bits per heavy atom. The fourth-order valence-corrected chi connectivity index (χ4v) is 0.451. The van der Waals surface area contributed by atoms with E-state index in [-0.39, 0.29) is 19.8 Å². The summed E-state index contributed by atoms with van der Waals surface area (Å²) in [6.45, 7) is 0.735. The number of ether oxygens (including phenoxy) is 2. The molecule has 0 aliphatic carbocycles. The fourth-order valence-electron chi connectivity index (χ4n) is 0.451. The summed E-state index contributed by atoms with van der Waals surface area (Å²) in [7, 11) is 0. The smallest absolute Gasteiger partial charge is 0.274 e. The van der Waals surface area contributed by atoms with E-state index in [0.29, 0.717) is 0 Å². The maximum atomic E-state index is 11.4. The minimum absolute atomic E-state index is 0.0108. The molecule has 0 bridgehead atoms. The fraction of sp³-hybridized carbons (Fsp3) is 1.00. The molecule has 5 heteroatoms. The maximum absolute atomic E-state index is 11.4. The summed E-state index contributed by atoms with van der Waals surface area (Å²) in [4.78, 5) is 0. The van der Waals surface area contributed by atoms with E-state index in [9.17, 15) is 4.39 Å². The third-order valence-corrected chi connectivity index (χ3v) is 0.825. The predicted molar refractivity (Wildman–Crippen MR) is 35.6 cm³/mol. The van der Waals surface area contributed by atoms with Crippen LogP contribution in [0.4, 0.5) is 4.39 Å². The number of hydrogen-bond donors (Lipinski definition) is 2. The van der Waals surface area contributed by atoms with Crippen LogP contribution in [0.5, 0.6) is 0 Å². The number of alkyl halides is 1. The largest absolute Gasteiger partial charge is 0.376 e. The average Bonchev–Trinajstić information content (AvgIpc) is 1.85. The van der Waals surface area contributed by atoms with Gasteiger partial charge in [0.05, 0.1) is 19.8 Å². The molecular weight excluding hydrogens is 155 g/mol. The lowest BCUT2D eigenvalue weighted by Crippen LogP contribution is -2.28. The van der Waals surface area contributed by atoms with Gasteiger partial charge in [0.25, 0.3) is 5.97 Å². The number of hydrogen-bond acceptors (Lipinski definition) is 4. The Balaban J connectivity index is 3.02. The van der Waals surface area contributed by atoms with Crippen molar-refractivity contribution >= 4 is 0 Å². The van der Waals surface area contributed by atoms with Crippen molar-refractivity contribution in [2.45, 2.75) is 12.9 Å². The molecule has 0 aliphatic heterocycles. The van der Waals surface area contributed by atoms with Crippen molar-refractivity contribution in [3.05, 3.63) is 0 Å². The number of aliphatic hydroxyl groups is 2. The quantitative estimate of drug-likeness (QED) is 0.420. The molecule has 68 valence electrons. The molecule has 0 radical (unpaired) electrons. The zero-order valence-corrected chi connectivity index (χ0v) is 6.42. The SMILES string of the molecule is CC(O)(O)OCCOCCF. The van der Waals surface area contributed by atoms with Crippen molar-refractivity contribution in [2.24, 2.45) is 0 Å². The molecule has 0 spiro atoms. The first kappa shape index (κ1) is 10.8. The highest BCUT2D eigenvalue weighted by Gasteiger charge is 2.13. The van der Waals surface area contributed by atoms with Crippen molar-refractivity contribution in [3.63, 3.8) is 0 Å². The zero-order valence-electron chi connectivity index (χ0n) is 6.42. The summed E-state index contributed by atoms with van der Waals surface area (Å²) in [5.41, 5.74) is 0. The van der Waals surface area contributed by atoms with E-state index in [2.05, 4.69) is 9.47 Å². The van der Waals surface area contributed by atoms with Crippen molar-refractivity contribution in [1.29, 1.82) is 0 Å². The van der Waals surface area contributed by atoms with E-state index in [1.165, 1.54) is 0 Å². The van der Waals surface area contributed by atoms with Gasteiger partial charge >= 0.3 is 0 Å². The van der Waals surface area contributed by atoms with E-state index in [1.54, 1.807) is 0 Å². The molecule has 0 amide bonds. The molecule has 0 aromatic carbocycles. The van der Waals surface area contributed by atoms with Gasteiger partial charge < -0.3 is 19.7 Å². The van der Waals surface area contributed by atoms with Crippen LogP contribution in [-0.4, -0.2) is 42.7 Å². The topological polar surface area (TPSA) is 58.9 Å². The van der Waals surface area contributed by atoms with Gasteiger partial charge in [0.15, 0.2) is 0 Å². The van der Waals surface area contributed by atoms with E-state index in [4.69, 9.17) is 10.2 Å². The molecule has 0 unspecified atom stereocenters. The van der Waals surface area contributed by atoms with Crippen LogP contribution >= 0.6 is 0 Å². The number of halogens is 1. The monoisotopic (exact) mass is 168 g/mol. The van der Waals surface area contributed by atoms with Crippen LogP contribution in [0.3, 0.4) is 0 Å². The first-order valence-corrected chi connectivity index (χ1v) is 3.28. The summed E-state index contributed by atoms with van der Waals surface area (Å²) in [5, 5.41) is 17.2. The molecule has 2 N–H and O–H groups in total. The molecular formula is C6H13FO4. The Morgan fingerprint density at radius 2 is 1.91 bits per heavy atom. The van der Waals surface area contributed by atoms with Gasteiger partial charge in [0.2, 0.25) is 0 Å². The molecule has 0 saturated heterocycles. The van der Waals surface area contributed by atoms with E-state index < -0.39 is 12.6 Å². The van der Waals surface area contributed by atoms with Gasteiger partial charge in [-0.05, 0) is 0 Å². The Bertz CT molecular complexity index is 91.1. The molecule has 0 saturated carbocycles. The molecule has 0 aromatic rings. The summed E-state index contributed by atoms with van der Waals surface area (Å²) < 4.78 is 20.5. The van der Waals surface area contributed by atoms with Crippen LogP contribution in [0.15, 0.2) is 0 Å². The second-order valence-electron chi connectivity index (χ2n) is 2.08. The number of rotatable bonds is 6. The third-order valence-electron chi connectivity index (χ3n) is 0.825. The van der Waals surface area contributed by atoms with Crippen LogP contribution in [0.25, 0.3) is 0 Å². The van der Waals surface area contributed by atoms with Crippen LogP contribution < -0.4 is 0 Å². The summed E-state index contributed by atoms with van der Waals surface area (Å²) in [6, 6.07) is 0.